The summed E-state index contributed by atoms with van der Waals surface area (Å²) in [5, 5.41) is 14.7. The quantitative estimate of drug-likeness (QED) is 0.741. The lowest BCUT2D eigenvalue weighted by Gasteiger charge is -2.30. The predicted octanol–water partition coefficient (Wildman–Crippen LogP) is 2.95. The molecule has 0 radical (unpaired) electrons. The largest absolute Gasteiger partial charge is 0.481 e. The summed E-state index contributed by atoms with van der Waals surface area (Å²) in [6.07, 6.45) is 0.898. The van der Waals surface area contributed by atoms with Crippen LogP contribution in [-0.4, -0.2) is 41.0 Å². The molecular weight excluding hydrogens is 358 g/mol. The number of nitrogens with zero attached hydrogens (tertiary/aromatic N) is 1. The summed E-state index contributed by atoms with van der Waals surface area (Å²) in [4.78, 5) is 37.4. The Labute approximate surface area is 163 Å². The summed E-state index contributed by atoms with van der Waals surface area (Å²) >= 11 is 0. The fraction of sp³-hybridized carbons (Fsp3) is 0.286. The number of benzene rings is 2. The van der Waals surface area contributed by atoms with Crippen LogP contribution in [0.2, 0.25) is 0 Å². The SMILES string of the molecule is O=C(NCc1ccccc1)c1cccc(NC(=O)N2CCC(C(=O)O)CC2)c1. The molecule has 1 aliphatic rings. The first-order valence-electron chi connectivity index (χ1n) is 9.24. The van der Waals surface area contributed by atoms with E-state index in [1.54, 1.807) is 29.2 Å². The first-order chi connectivity index (χ1) is 13.5. The molecule has 2 aromatic carbocycles. The van der Waals surface area contributed by atoms with Crippen LogP contribution in [0.15, 0.2) is 54.6 Å². The number of carboxylic acids is 1. The van der Waals surface area contributed by atoms with Crippen LogP contribution >= 0.6 is 0 Å². The average molecular weight is 381 g/mol. The third-order valence-corrected chi connectivity index (χ3v) is 4.80. The van der Waals surface area contributed by atoms with Crippen LogP contribution in [0.5, 0.6) is 0 Å². The summed E-state index contributed by atoms with van der Waals surface area (Å²) in [6, 6.07) is 16.1. The van der Waals surface area contributed by atoms with Crippen LogP contribution in [0, 0.1) is 5.92 Å². The van der Waals surface area contributed by atoms with E-state index in [1.807, 2.05) is 30.3 Å². The molecule has 0 unspecified atom stereocenters. The van der Waals surface area contributed by atoms with Crippen molar-refractivity contribution in [3.8, 4) is 0 Å². The molecule has 0 aromatic heterocycles. The molecule has 7 nitrogen and oxygen atoms in total. The van der Waals surface area contributed by atoms with Gasteiger partial charge in [0.2, 0.25) is 0 Å². The minimum Gasteiger partial charge on any atom is -0.481 e. The Balaban J connectivity index is 1.55. The second kappa shape index (κ2) is 9.03. The van der Waals surface area contributed by atoms with Gasteiger partial charge in [-0.1, -0.05) is 36.4 Å². The van der Waals surface area contributed by atoms with Crippen molar-refractivity contribution in [2.24, 2.45) is 5.92 Å². The summed E-state index contributed by atoms with van der Waals surface area (Å²) in [5.74, 6) is -1.42. The zero-order chi connectivity index (χ0) is 19.9. The molecule has 2 aromatic rings. The number of carboxylic acid groups (broad SMARTS) is 1. The monoisotopic (exact) mass is 381 g/mol. The van der Waals surface area contributed by atoms with E-state index in [-0.39, 0.29) is 17.9 Å². The summed E-state index contributed by atoms with van der Waals surface area (Å²) in [6.45, 7) is 1.23. The van der Waals surface area contributed by atoms with Gasteiger partial charge >= 0.3 is 12.0 Å². The molecule has 3 amide bonds. The van der Waals surface area contributed by atoms with Gasteiger partial charge in [-0.25, -0.2) is 4.79 Å². The minimum atomic E-state index is -0.811. The maximum Gasteiger partial charge on any atom is 0.321 e. The predicted molar refractivity (Wildman–Crippen MR) is 105 cm³/mol. The van der Waals surface area contributed by atoms with Crippen LogP contribution in [0.1, 0.15) is 28.8 Å². The average Bonchev–Trinajstić information content (AvgIpc) is 2.73. The maximum atomic E-state index is 12.4. The molecule has 1 saturated heterocycles. The maximum absolute atomic E-state index is 12.4. The molecule has 3 rings (SSSR count). The number of hydrogen-bond acceptors (Lipinski definition) is 3. The van der Waals surface area contributed by atoms with Crippen molar-refractivity contribution in [1.29, 1.82) is 0 Å². The van der Waals surface area contributed by atoms with Gasteiger partial charge in [0.15, 0.2) is 0 Å². The number of amides is 3. The lowest BCUT2D eigenvalue weighted by Crippen LogP contribution is -2.42. The Kier molecular flexibility index (Phi) is 6.26. The number of nitrogens with one attached hydrogen (secondary N) is 2. The van der Waals surface area contributed by atoms with Crippen molar-refractivity contribution >= 4 is 23.6 Å². The Morgan fingerprint density at radius 3 is 2.39 bits per heavy atom. The molecule has 1 heterocycles. The third kappa shape index (κ3) is 5.09. The number of likely N-dealkylation sites (tertiary alicyclic amines) is 1. The van der Waals surface area contributed by atoms with Crippen LogP contribution in [-0.2, 0) is 11.3 Å². The Bertz CT molecular complexity index is 846. The highest BCUT2D eigenvalue weighted by molar-refractivity contribution is 5.96. The van der Waals surface area contributed by atoms with Gasteiger partial charge in [0.1, 0.15) is 0 Å². The van der Waals surface area contributed by atoms with E-state index in [1.165, 1.54) is 0 Å². The molecule has 0 spiro atoms. The number of piperidine rings is 1. The fourth-order valence-electron chi connectivity index (χ4n) is 3.15. The molecule has 0 aliphatic carbocycles. The van der Waals surface area contributed by atoms with Crippen molar-refractivity contribution < 1.29 is 19.5 Å². The van der Waals surface area contributed by atoms with Gasteiger partial charge in [0, 0.05) is 30.9 Å². The van der Waals surface area contributed by atoms with E-state index in [2.05, 4.69) is 10.6 Å². The molecule has 7 heteroatoms. The van der Waals surface area contributed by atoms with Crippen LogP contribution < -0.4 is 10.6 Å². The Morgan fingerprint density at radius 1 is 1.00 bits per heavy atom. The van der Waals surface area contributed by atoms with Crippen molar-refractivity contribution in [2.75, 3.05) is 18.4 Å². The third-order valence-electron chi connectivity index (χ3n) is 4.80. The van der Waals surface area contributed by atoms with E-state index >= 15 is 0 Å². The van der Waals surface area contributed by atoms with Gasteiger partial charge in [-0.15, -0.1) is 0 Å². The summed E-state index contributed by atoms with van der Waals surface area (Å²) in [5.41, 5.74) is 1.99. The van der Waals surface area contributed by atoms with Gasteiger partial charge in [0.05, 0.1) is 5.92 Å². The number of carbonyl (C=O) groups excluding carboxylic acids is 2. The van der Waals surface area contributed by atoms with Gasteiger partial charge < -0.3 is 20.6 Å². The number of urea groups is 1. The number of rotatable bonds is 5. The molecular formula is C21H23N3O4. The lowest BCUT2D eigenvalue weighted by molar-refractivity contribution is -0.143. The van der Waals surface area contributed by atoms with E-state index < -0.39 is 5.97 Å². The molecule has 0 saturated carbocycles. The standard InChI is InChI=1S/C21H23N3O4/c25-19(22-14-15-5-2-1-3-6-15)17-7-4-8-18(13-17)23-21(28)24-11-9-16(10-12-24)20(26)27/h1-8,13,16H,9-12,14H2,(H,22,25)(H,23,28)(H,26,27). The van der Waals surface area contributed by atoms with E-state index in [0.717, 1.165) is 5.56 Å². The zero-order valence-electron chi connectivity index (χ0n) is 15.4. The first-order valence-corrected chi connectivity index (χ1v) is 9.24. The van der Waals surface area contributed by atoms with E-state index in [4.69, 9.17) is 5.11 Å². The van der Waals surface area contributed by atoms with Crippen LogP contribution in [0.3, 0.4) is 0 Å². The number of hydrogen-bond donors (Lipinski definition) is 3. The van der Waals surface area contributed by atoms with Crippen molar-refractivity contribution in [3.05, 3.63) is 65.7 Å². The summed E-state index contributed by atoms with van der Waals surface area (Å²) < 4.78 is 0. The Hall–Kier alpha value is -3.35. The number of carbonyl (C=O) groups is 3. The first kappa shape index (κ1) is 19.4. The smallest absolute Gasteiger partial charge is 0.321 e. The van der Waals surface area contributed by atoms with Crippen molar-refractivity contribution in [1.82, 2.24) is 10.2 Å². The number of aliphatic carboxylic acids is 1. The second-order valence-corrected chi connectivity index (χ2v) is 6.78. The molecule has 1 fully saturated rings. The van der Waals surface area contributed by atoms with Gasteiger partial charge in [0.25, 0.3) is 5.91 Å². The van der Waals surface area contributed by atoms with Crippen LogP contribution in [0.25, 0.3) is 0 Å². The van der Waals surface area contributed by atoms with Gasteiger partial charge in [-0.3, -0.25) is 9.59 Å². The van der Waals surface area contributed by atoms with E-state index in [0.29, 0.717) is 43.7 Å². The molecule has 28 heavy (non-hydrogen) atoms. The zero-order valence-corrected chi connectivity index (χ0v) is 15.4. The van der Waals surface area contributed by atoms with Gasteiger partial charge in [-0.05, 0) is 36.6 Å². The highest BCUT2D eigenvalue weighted by atomic mass is 16.4. The van der Waals surface area contributed by atoms with E-state index in [9.17, 15) is 14.4 Å². The fourth-order valence-corrected chi connectivity index (χ4v) is 3.15. The minimum absolute atomic E-state index is 0.220. The molecule has 1 aliphatic heterocycles. The topological polar surface area (TPSA) is 98.7 Å². The molecule has 0 bridgehead atoms. The Morgan fingerprint density at radius 2 is 1.71 bits per heavy atom. The van der Waals surface area contributed by atoms with Crippen molar-refractivity contribution in [3.63, 3.8) is 0 Å². The molecule has 146 valence electrons. The second-order valence-electron chi connectivity index (χ2n) is 6.78. The highest BCUT2D eigenvalue weighted by Gasteiger charge is 2.27. The lowest BCUT2D eigenvalue weighted by atomic mass is 9.97. The normalized spacial score (nSPS) is 14.4. The molecule has 3 N–H and O–H groups in total. The highest BCUT2D eigenvalue weighted by Crippen LogP contribution is 2.19. The molecule has 0 atom stereocenters. The van der Waals surface area contributed by atoms with Crippen LogP contribution in [0.4, 0.5) is 10.5 Å². The number of anilines is 1. The van der Waals surface area contributed by atoms with Gasteiger partial charge in [-0.2, -0.15) is 0 Å². The summed E-state index contributed by atoms with van der Waals surface area (Å²) in [7, 11) is 0. The van der Waals surface area contributed by atoms with Crippen molar-refractivity contribution in [2.45, 2.75) is 19.4 Å².